The van der Waals surface area contributed by atoms with Crippen molar-refractivity contribution in [1.29, 1.82) is 0 Å². The van der Waals surface area contributed by atoms with Gasteiger partial charge in [0.05, 0.1) is 5.02 Å². The number of hydrogen-bond donors (Lipinski definition) is 1. The van der Waals surface area contributed by atoms with Crippen molar-refractivity contribution >= 4 is 22.6 Å². The second-order valence-corrected chi connectivity index (χ2v) is 4.48. The number of para-hydroxylation sites is 1. The summed E-state index contributed by atoms with van der Waals surface area (Å²) in [5, 5.41) is 14.2. The van der Waals surface area contributed by atoms with Crippen LogP contribution in [0.3, 0.4) is 0 Å². The van der Waals surface area contributed by atoms with Crippen molar-refractivity contribution in [3.63, 3.8) is 0 Å². The minimum atomic E-state index is 0.455. The van der Waals surface area contributed by atoms with E-state index in [1.165, 1.54) is 0 Å². The van der Waals surface area contributed by atoms with E-state index in [0.717, 1.165) is 10.9 Å². The molecule has 0 aliphatic heterocycles. The van der Waals surface area contributed by atoms with Crippen molar-refractivity contribution in [2.45, 2.75) is 0 Å². The molecular weight excluding hydrogens is 262 g/mol. The zero-order valence-corrected chi connectivity index (χ0v) is 10.6. The molecule has 1 N–H and O–H groups in total. The molecule has 3 rings (SSSR count). The molecule has 0 fully saturated rings. The molecule has 0 aliphatic carbocycles. The minimum absolute atomic E-state index is 0.455. The van der Waals surface area contributed by atoms with Crippen molar-refractivity contribution in [3.8, 4) is 11.3 Å². The van der Waals surface area contributed by atoms with Crippen LogP contribution in [0.2, 0.25) is 5.02 Å². The van der Waals surface area contributed by atoms with Crippen LogP contribution in [0.4, 0.5) is 0 Å². The van der Waals surface area contributed by atoms with Crippen LogP contribution in [0.15, 0.2) is 64.2 Å². The standard InChI is InChI=1S/C15H10ClNO2/c16-12-7-3-1-5-10(12)15-9-13(17-18)11-6-2-4-8-14(11)19-15/h1-9,18H/b17-13+. The van der Waals surface area contributed by atoms with Gasteiger partial charge in [-0.15, -0.1) is 0 Å². The van der Waals surface area contributed by atoms with Crippen LogP contribution in [-0.2, 0) is 0 Å². The predicted molar refractivity (Wildman–Crippen MR) is 74.0 cm³/mol. The first-order chi connectivity index (χ1) is 9.29. The second-order valence-electron chi connectivity index (χ2n) is 4.07. The largest absolute Gasteiger partial charge is 0.456 e. The molecule has 0 saturated carbocycles. The highest BCUT2D eigenvalue weighted by molar-refractivity contribution is 6.33. The van der Waals surface area contributed by atoms with Crippen molar-refractivity contribution in [2.24, 2.45) is 5.16 Å². The molecule has 0 unspecified atom stereocenters. The van der Waals surface area contributed by atoms with Gasteiger partial charge in [-0.1, -0.05) is 41.0 Å². The monoisotopic (exact) mass is 271 g/mol. The lowest BCUT2D eigenvalue weighted by atomic mass is 10.1. The molecule has 4 heteroatoms. The number of halogens is 1. The Morgan fingerprint density at radius 2 is 1.74 bits per heavy atom. The molecule has 2 aromatic carbocycles. The number of rotatable bonds is 1. The number of hydrogen-bond acceptors (Lipinski definition) is 3. The molecule has 0 spiro atoms. The molecule has 0 radical (unpaired) electrons. The molecule has 0 bridgehead atoms. The maximum atomic E-state index is 9.13. The van der Waals surface area contributed by atoms with E-state index in [-0.39, 0.29) is 0 Å². The average molecular weight is 272 g/mol. The minimum Gasteiger partial charge on any atom is -0.456 e. The Balaban J connectivity index is 2.36. The van der Waals surface area contributed by atoms with E-state index < -0.39 is 0 Å². The Labute approximate surface area is 114 Å². The first-order valence-electron chi connectivity index (χ1n) is 5.75. The van der Waals surface area contributed by atoms with Crippen LogP contribution in [0.1, 0.15) is 0 Å². The number of benzene rings is 2. The summed E-state index contributed by atoms with van der Waals surface area (Å²) in [7, 11) is 0. The zero-order valence-electron chi connectivity index (χ0n) is 9.88. The molecule has 0 atom stereocenters. The third-order valence-corrected chi connectivity index (χ3v) is 3.23. The fraction of sp³-hybridized carbons (Fsp3) is 0. The van der Waals surface area contributed by atoms with Crippen LogP contribution < -0.4 is 5.36 Å². The second kappa shape index (κ2) is 4.78. The third kappa shape index (κ3) is 2.09. The Hall–Kier alpha value is -2.26. The first-order valence-corrected chi connectivity index (χ1v) is 6.13. The summed E-state index contributed by atoms with van der Waals surface area (Å²) in [6.45, 7) is 0. The fourth-order valence-corrected chi connectivity index (χ4v) is 2.22. The summed E-state index contributed by atoms with van der Waals surface area (Å²) in [5.74, 6) is 0.567. The lowest BCUT2D eigenvalue weighted by Gasteiger charge is -2.05. The van der Waals surface area contributed by atoms with Gasteiger partial charge in [0.1, 0.15) is 16.7 Å². The van der Waals surface area contributed by atoms with Gasteiger partial charge in [-0.05, 0) is 24.3 Å². The maximum Gasteiger partial charge on any atom is 0.138 e. The zero-order chi connectivity index (χ0) is 13.2. The van der Waals surface area contributed by atoms with Crippen molar-refractivity contribution in [2.75, 3.05) is 0 Å². The lowest BCUT2D eigenvalue weighted by molar-refractivity contribution is 0.302. The molecule has 3 nitrogen and oxygen atoms in total. The molecule has 0 saturated heterocycles. The van der Waals surface area contributed by atoms with E-state index in [0.29, 0.717) is 21.7 Å². The van der Waals surface area contributed by atoms with Crippen molar-refractivity contribution in [3.05, 3.63) is 65.0 Å². The quantitative estimate of drug-likeness (QED) is 0.536. The molecule has 1 aromatic heterocycles. The molecule has 0 amide bonds. The van der Waals surface area contributed by atoms with Crippen LogP contribution in [0.5, 0.6) is 0 Å². The van der Waals surface area contributed by atoms with Gasteiger partial charge >= 0.3 is 0 Å². The first kappa shape index (κ1) is 11.8. The molecular formula is C15H10ClNO2. The Morgan fingerprint density at radius 3 is 2.53 bits per heavy atom. The average Bonchev–Trinajstić information content (AvgIpc) is 2.46. The third-order valence-electron chi connectivity index (χ3n) is 2.90. The highest BCUT2D eigenvalue weighted by Gasteiger charge is 2.08. The highest BCUT2D eigenvalue weighted by atomic mass is 35.5. The van der Waals surface area contributed by atoms with Crippen molar-refractivity contribution < 1.29 is 9.62 Å². The summed E-state index contributed by atoms with van der Waals surface area (Å²) >= 11 is 6.15. The number of nitrogens with zero attached hydrogens (tertiary/aromatic N) is 1. The van der Waals surface area contributed by atoms with Gasteiger partial charge in [-0.3, -0.25) is 0 Å². The smallest absolute Gasteiger partial charge is 0.138 e. The van der Waals surface area contributed by atoms with Gasteiger partial charge in [0, 0.05) is 17.0 Å². The summed E-state index contributed by atoms with van der Waals surface area (Å²) in [6.07, 6.45) is 0. The topological polar surface area (TPSA) is 45.7 Å². The summed E-state index contributed by atoms with van der Waals surface area (Å²) < 4.78 is 5.82. The van der Waals surface area contributed by atoms with Crippen LogP contribution in [0, 0.1) is 0 Å². The van der Waals surface area contributed by atoms with E-state index in [2.05, 4.69) is 5.16 Å². The Kier molecular flexibility index (Phi) is 2.97. The van der Waals surface area contributed by atoms with Gasteiger partial charge in [-0.25, -0.2) is 0 Å². The van der Waals surface area contributed by atoms with E-state index in [1.54, 1.807) is 12.1 Å². The van der Waals surface area contributed by atoms with Gasteiger partial charge in [-0.2, -0.15) is 0 Å². The van der Waals surface area contributed by atoms with E-state index in [9.17, 15) is 0 Å². The summed E-state index contributed by atoms with van der Waals surface area (Å²) in [4.78, 5) is 0. The van der Waals surface area contributed by atoms with Gasteiger partial charge in [0.15, 0.2) is 0 Å². The van der Waals surface area contributed by atoms with E-state index >= 15 is 0 Å². The van der Waals surface area contributed by atoms with Crippen LogP contribution in [-0.4, -0.2) is 5.21 Å². The van der Waals surface area contributed by atoms with Crippen molar-refractivity contribution in [1.82, 2.24) is 0 Å². The molecule has 0 aliphatic rings. The SMILES string of the molecule is O/N=c1\cc(-c2ccccc2Cl)oc2ccccc12. The Morgan fingerprint density at radius 1 is 1.00 bits per heavy atom. The molecule has 94 valence electrons. The molecule has 1 heterocycles. The molecule has 19 heavy (non-hydrogen) atoms. The highest BCUT2D eigenvalue weighted by Crippen LogP contribution is 2.28. The normalized spacial score (nSPS) is 11.9. The fourth-order valence-electron chi connectivity index (χ4n) is 1.99. The van der Waals surface area contributed by atoms with Crippen LogP contribution in [0.25, 0.3) is 22.3 Å². The molecule has 3 aromatic rings. The predicted octanol–water partition coefficient (Wildman–Crippen LogP) is 4.04. The van der Waals surface area contributed by atoms with Gasteiger partial charge in [0.2, 0.25) is 0 Å². The van der Waals surface area contributed by atoms with E-state index in [4.69, 9.17) is 21.2 Å². The summed E-state index contributed by atoms with van der Waals surface area (Å²) in [6, 6.07) is 16.4. The van der Waals surface area contributed by atoms with E-state index in [1.807, 2.05) is 42.5 Å². The Bertz CT molecular complexity index is 808. The maximum absolute atomic E-state index is 9.13. The van der Waals surface area contributed by atoms with Gasteiger partial charge < -0.3 is 9.62 Å². The van der Waals surface area contributed by atoms with Gasteiger partial charge in [0.25, 0.3) is 0 Å². The summed E-state index contributed by atoms with van der Waals surface area (Å²) in [5.41, 5.74) is 1.41. The van der Waals surface area contributed by atoms with Crippen LogP contribution >= 0.6 is 11.6 Å². The number of fused-ring (bicyclic) bond motifs is 1. The lowest BCUT2D eigenvalue weighted by Crippen LogP contribution is -2.03.